The molecule has 1 N–H and O–H groups in total. The summed E-state index contributed by atoms with van der Waals surface area (Å²) in [6.45, 7) is 5.19. The van der Waals surface area contributed by atoms with Crippen LogP contribution in [-0.2, 0) is 14.3 Å². The predicted octanol–water partition coefficient (Wildman–Crippen LogP) is 1.90. The van der Waals surface area contributed by atoms with E-state index in [1.54, 1.807) is 7.11 Å². The molecule has 19 heavy (non-hydrogen) atoms. The minimum Gasteiger partial charge on any atom is -0.481 e. The van der Waals surface area contributed by atoms with Crippen molar-refractivity contribution in [3.63, 3.8) is 0 Å². The van der Waals surface area contributed by atoms with Gasteiger partial charge in [-0.05, 0) is 38.5 Å². The normalized spacial score (nSPS) is 20.1. The summed E-state index contributed by atoms with van der Waals surface area (Å²) in [7, 11) is 1.57. The second-order valence-corrected chi connectivity index (χ2v) is 5.46. The average Bonchev–Trinajstić information content (AvgIpc) is 2.44. The van der Waals surface area contributed by atoms with Gasteiger partial charge in [-0.3, -0.25) is 9.59 Å². The third-order valence-corrected chi connectivity index (χ3v) is 4.25. The second kappa shape index (κ2) is 6.89. The Hall–Kier alpha value is -1.10. The van der Waals surface area contributed by atoms with E-state index in [0.29, 0.717) is 31.8 Å². The van der Waals surface area contributed by atoms with Crippen molar-refractivity contribution in [3.8, 4) is 0 Å². The van der Waals surface area contributed by atoms with Gasteiger partial charge in [0, 0.05) is 26.6 Å². The molecule has 0 spiro atoms. The summed E-state index contributed by atoms with van der Waals surface area (Å²) in [5.74, 6) is -0.263. The Morgan fingerprint density at radius 2 is 1.95 bits per heavy atom. The van der Waals surface area contributed by atoms with Gasteiger partial charge in [0.25, 0.3) is 5.91 Å². The number of carbonyl (C=O) groups is 2. The van der Waals surface area contributed by atoms with Gasteiger partial charge < -0.3 is 14.7 Å². The molecule has 0 radical (unpaired) electrons. The molecule has 1 atom stereocenters. The summed E-state index contributed by atoms with van der Waals surface area (Å²) in [5, 5.41) is 8.67. The number of rotatable bonds is 6. The van der Waals surface area contributed by atoms with Gasteiger partial charge in [0.05, 0.1) is 0 Å². The first-order valence-corrected chi connectivity index (χ1v) is 6.99. The lowest BCUT2D eigenvalue weighted by atomic mass is 9.91. The quantitative estimate of drug-likeness (QED) is 0.801. The Labute approximate surface area is 114 Å². The number of carbonyl (C=O) groups excluding carboxylic acids is 1. The van der Waals surface area contributed by atoms with Crippen LogP contribution in [0.25, 0.3) is 0 Å². The molecule has 5 nitrogen and oxygen atoms in total. The number of amides is 1. The molecule has 1 fully saturated rings. The van der Waals surface area contributed by atoms with Crippen molar-refractivity contribution in [2.75, 3.05) is 20.2 Å². The van der Waals surface area contributed by atoms with Crippen LogP contribution >= 0.6 is 0 Å². The highest BCUT2D eigenvalue weighted by molar-refractivity contribution is 5.84. The fourth-order valence-corrected chi connectivity index (χ4v) is 2.47. The maximum Gasteiger partial charge on any atom is 0.303 e. The average molecular weight is 271 g/mol. The van der Waals surface area contributed by atoms with Crippen LogP contribution in [-0.4, -0.2) is 47.7 Å². The molecule has 5 heteroatoms. The van der Waals surface area contributed by atoms with Crippen LogP contribution < -0.4 is 0 Å². The molecule has 1 amide bonds. The molecule has 0 aromatic carbocycles. The molecule has 110 valence electrons. The number of aliphatic carboxylic acids is 1. The molecule has 0 saturated carbocycles. The van der Waals surface area contributed by atoms with Gasteiger partial charge in [0.2, 0.25) is 0 Å². The number of methoxy groups -OCH3 is 1. The predicted molar refractivity (Wildman–Crippen MR) is 71.9 cm³/mol. The molecule has 0 aromatic heterocycles. The van der Waals surface area contributed by atoms with E-state index < -0.39 is 11.6 Å². The topological polar surface area (TPSA) is 66.8 Å². The van der Waals surface area contributed by atoms with E-state index in [1.165, 1.54) is 0 Å². The van der Waals surface area contributed by atoms with Crippen LogP contribution in [0.1, 0.15) is 46.0 Å². The SMILES string of the molecule is CCC(C)(OC)C(=O)N1CCC(CCC(=O)O)CC1. The van der Waals surface area contributed by atoms with Crippen LogP contribution in [0.3, 0.4) is 0 Å². The van der Waals surface area contributed by atoms with E-state index in [2.05, 4.69) is 0 Å². The Morgan fingerprint density at radius 3 is 2.37 bits per heavy atom. The molecule has 1 unspecified atom stereocenters. The van der Waals surface area contributed by atoms with E-state index in [4.69, 9.17) is 9.84 Å². The number of ether oxygens (including phenoxy) is 1. The zero-order valence-electron chi connectivity index (χ0n) is 12.1. The molecule has 1 saturated heterocycles. The molecule has 1 aliphatic rings. The number of hydrogen-bond acceptors (Lipinski definition) is 3. The van der Waals surface area contributed by atoms with Crippen LogP contribution in [0.5, 0.6) is 0 Å². The van der Waals surface area contributed by atoms with Gasteiger partial charge in [0.1, 0.15) is 5.60 Å². The number of likely N-dealkylation sites (tertiary alicyclic amines) is 1. The number of piperidine rings is 1. The first kappa shape index (κ1) is 16.0. The molecule has 1 aliphatic heterocycles. The van der Waals surface area contributed by atoms with Crippen molar-refractivity contribution in [3.05, 3.63) is 0 Å². The summed E-state index contributed by atoms with van der Waals surface area (Å²) in [6.07, 6.45) is 3.38. The molecular formula is C14H25NO4. The van der Waals surface area contributed by atoms with Crippen molar-refractivity contribution in [1.29, 1.82) is 0 Å². The zero-order chi connectivity index (χ0) is 14.5. The van der Waals surface area contributed by atoms with Gasteiger partial charge in [0.15, 0.2) is 0 Å². The maximum absolute atomic E-state index is 12.4. The van der Waals surface area contributed by atoms with Crippen molar-refractivity contribution in [1.82, 2.24) is 4.90 Å². The third-order valence-electron chi connectivity index (χ3n) is 4.25. The largest absolute Gasteiger partial charge is 0.481 e. The molecular weight excluding hydrogens is 246 g/mol. The minimum atomic E-state index is -0.739. The molecule has 0 bridgehead atoms. The standard InChI is InChI=1S/C14H25NO4/c1-4-14(2,19-3)13(18)15-9-7-11(8-10-15)5-6-12(16)17/h11H,4-10H2,1-3H3,(H,16,17). The van der Waals surface area contributed by atoms with Crippen molar-refractivity contribution in [2.45, 2.75) is 51.6 Å². The van der Waals surface area contributed by atoms with E-state index in [1.807, 2.05) is 18.7 Å². The van der Waals surface area contributed by atoms with Crippen LogP contribution in [0.15, 0.2) is 0 Å². The van der Waals surface area contributed by atoms with Gasteiger partial charge in [-0.25, -0.2) is 0 Å². The second-order valence-electron chi connectivity index (χ2n) is 5.46. The summed E-state index contributed by atoms with van der Waals surface area (Å²) < 4.78 is 5.34. The van der Waals surface area contributed by atoms with Crippen LogP contribution in [0.2, 0.25) is 0 Å². The molecule has 1 rings (SSSR count). The highest BCUT2D eigenvalue weighted by Gasteiger charge is 2.36. The maximum atomic E-state index is 12.4. The monoisotopic (exact) mass is 271 g/mol. The van der Waals surface area contributed by atoms with Gasteiger partial charge >= 0.3 is 5.97 Å². The van der Waals surface area contributed by atoms with E-state index in [9.17, 15) is 9.59 Å². The Kier molecular flexibility index (Phi) is 5.79. The van der Waals surface area contributed by atoms with Gasteiger partial charge in [-0.2, -0.15) is 0 Å². The summed E-state index contributed by atoms with van der Waals surface area (Å²) in [6, 6.07) is 0. The lowest BCUT2D eigenvalue weighted by molar-refractivity contribution is -0.155. The number of hydrogen-bond donors (Lipinski definition) is 1. The molecule has 0 aromatic rings. The number of nitrogens with zero attached hydrogens (tertiary/aromatic N) is 1. The zero-order valence-corrected chi connectivity index (χ0v) is 12.1. The van der Waals surface area contributed by atoms with E-state index >= 15 is 0 Å². The molecule has 1 heterocycles. The van der Waals surface area contributed by atoms with Crippen LogP contribution in [0, 0.1) is 5.92 Å². The van der Waals surface area contributed by atoms with Crippen LogP contribution in [0.4, 0.5) is 0 Å². The van der Waals surface area contributed by atoms with E-state index in [0.717, 1.165) is 12.8 Å². The number of carboxylic acids is 1. The van der Waals surface area contributed by atoms with Crippen molar-refractivity contribution < 1.29 is 19.4 Å². The summed E-state index contributed by atoms with van der Waals surface area (Å²) in [5.41, 5.74) is -0.728. The number of carboxylic acid groups (broad SMARTS) is 1. The summed E-state index contributed by atoms with van der Waals surface area (Å²) >= 11 is 0. The smallest absolute Gasteiger partial charge is 0.303 e. The highest BCUT2D eigenvalue weighted by Crippen LogP contribution is 2.25. The molecule has 0 aliphatic carbocycles. The highest BCUT2D eigenvalue weighted by atomic mass is 16.5. The van der Waals surface area contributed by atoms with Gasteiger partial charge in [-0.1, -0.05) is 6.92 Å². The fourth-order valence-electron chi connectivity index (χ4n) is 2.47. The van der Waals surface area contributed by atoms with Crippen molar-refractivity contribution >= 4 is 11.9 Å². The first-order chi connectivity index (χ1) is 8.92. The fraction of sp³-hybridized carbons (Fsp3) is 0.857. The summed E-state index contributed by atoms with van der Waals surface area (Å²) in [4.78, 5) is 24.8. The Morgan fingerprint density at radius 1 is 1.37 bits per heavy atom. The van der Waals surface area contributed by atoms with Crippen molar-refractivity contribution in [2.24, 2.45) is 5.92 Å². The Balaban J connectivity index is 2.45. The lowest BCUT2D eigenvalue weighted by Crippen LogP contribution is -2.50. The first-order valence-electron chi connectivity index (χ1n) is 6.99. The van der Waals surface area contributed by atoms with E-state index in [-0.39, 0.29) is 12.3 Å². The third kappa shape index (κ3) is 4.20. The Bertz CT molecular complexity index is 317. The van der Waals surface area contributed by atoms with Gasteiger partial charge in [-0.15, -0.1) is 0 Å². The lowest BCUT2D eigenvalue weighted by Gasteiger charge is -2.37. The minimum absolute atomic E-state index is 0.0502.